The highest BCUT2D eigenvalue weighted by Crippen LogP contribution is 2.33. The van der Waals surface area contributed by atoms with Crippen LogP contribution in [-0.4, -0.2) is 35.8 Å². The minimum atomic E-state index is -3.61. The number of sulfonamides is 1. The molecule has 1 unspecified atom stereocenters. The Hall–Kier alpha value is -1.51. The second-order valence-corrected chi connectivity index (χ2v) is 7.27. The molecule has 0 saturated heterocycles. The Morgan fingerprint density at radius 3 is 2.86 bits per heavy atom. The molecule has 21 heavy (non-hydrogen) atoms. The van der Waals surface area contributed by atoms with Gasteiger partial charge in [0.1, 0.15) is 4.90 Å². The predicted molar refractivity (Wildman–Crippen MR) is 79.1 cm³/mol. The van der Waals surface area contributed by atoms with E-state index in [0.29, 0.717) is 18.1 Å². The monoisotopic (exact) mass is 309 g/mol. The maximum atomic E-state index is 12.5. The molecule has 114 valence electrons. The van der Waals surface area contributed by atoms with Crippen LogP contribution in [-0.2, 0) is 17.1 Å². The first-order valence-corrected chi connectivity index (χ1v) is 8.42. The van der Waals surface area contributed by atoms with Crippen molar-refractivity contribution in [3.05, 3.63) is 18.0 Å². The van der Waals surface area contributed by atoms with Crippen molar-refractivity contribution in [2.75, 3.05) is 6.54 Å². The Morgan fingerprint density at radius 1 is 1.52 bits per heavy atom. The first kappa shape index (κ1) is 14.4. The number of fused-ring (bicyclic) bond motifs is 1. The Kier molecular flexibility index (Phi) is 3.46. The van der Waals surface area contributed by atoms with Crippen molar-refractivity contribution >= 4 is 21.1 Å². The summed E-state index contributed by atoms with van der Waals surface area (Å²) in [6.45, 7) is 2.15. The van der Waals surface area contributed by atoms with Gasteiger partial charge in [-0.1, -0.05) is 0 Å². The quantitative estimate of drug-likeness (QED) is 0.826. The van der Waals surface area contributed by atoms with Crippen LogP contribution in [0, 0.1) is 12.8 Å². The maximum absolute atomic E-state index is 12.5. The normalized spacial score (nSPS) is 17.3. The van der Waals surface area contributed by atoms with Gasteiger partial charge in [-0.3, -0.25) is 4.68 Å². The first-order chi connectivity index (χ1) is 9.92. The molecule has 0 aromatic carbocycles. The van der Waals surface area contributed by atoms with E-state index in [2.05, 4.69) is 14.8 Å². The lowest BCUT2D eigenvalue weighted by Gasteiger charge is -2.16. The first-order valence-electron chi connectivity index (χ1n) is 6.94. The molecule has 1 fully saturated rings. The molecule has 8 heteroatoms. The zero-order chi connectivity index (χ0) is 15.2. The van der Waals surface area contributed by atoms with Crippen LogP contribution in [0.5, 0.6) is 0 Å². The van der Waals surface area contributed by atoms with Crippen LogP contribution in [0.3, 0.4) is 0 Å². The Balaban J connectivity index is 1.96. The summed E-state index contributed by atoms with van der Waals surface area (Å²) in [5.74, 6) is 0.363. The fourth-order valence-electron chi connectivity index (χ4n) is 2.54. The van der Waals surface area contributed by atoms with Crippen molar-refractivity contribution in [1.82, 2.24) is 19.5 Å². The molecule has 0 spiro atoms. The second kappa shape index (κ2) is 5.04. The van der Waals surface area contributed by atoms with E-state index in [-0.39, 0.29) is 10.9 Å². The van der Waals surface area contributed by atoms with E-state index in [1.807, 2.05) is 6.92 Å². The average molecular weight is 309 g/mol. The fourth-order valence-corrected chi connectivity index (χ4v) is 3.83. The zero-order valence-corrected chi connectivity index (χ0v) is 12.9. The molecule has 1 aliphatic carbocycles. The molecule has 3 rings (SSSR count). The summed E-state index contributed by atoms with van der Waals surface area (Å²) >= 11 is 0. The summed E-state index contributed by atoms with van der Waals surface area (Å²) in [6, 6.07) is 1.42. The molecule has 0 amide bonds. The molecule has 2 aromatic heterocycles. The van der Waals surface area contributed by atoms with Gasteiger partial charge in [0.25, 0.3) is 0 Å². The molecular weight excluding hydrogens is 290 g/mol. The highest BCUT2D eigenvalue weighted by Gasteiger charge is 2.33. The van der Waals surface area contributed by atoms with Crippen molar-refractivity contribution < 1.29 is 8.42 Å². The fraction of sp³-hybridized carbons (Fsp3) is 0.538. The Bertz CT molecular complexity index is 779. The van der Waals surface area contributed by atoms with E-state index in [9.17, 15) is 8.42 Å². The SMILES string of the molecule is Cc1nn(C)c2ncc(S(=O)(=O)NC(CN)C3CC3)cc12. The van der Waals surface area contributed by atoms with Crippen molar-refractivity contribution in [1.29, 1.82) is 0 Å². The predicted octanol–water partition coefficient (Wildman–Crippen LogP) is 0.292. The average Bonchev–Trinajstić information content (AvgIpc) is 3.24. The van der Waals surface area contributed by atoms with Crippen LogP contribution in [0.15, 0.2) is 17.2 Å². The van der Waals surface area contributed by atoms with Crippen LogP contribution < -0.4 is 10.5 Å². The van der Waals surface area contributed by atoms with E-state index < -0.39 is 10.0 Å². The number of hydrogen-bond donors (Lipinski definition) is 2. The molecule has 2 aromatic rings. The minimum absolute atomic E-state index is 0.158. The van der Waals surface area contributed by atoms with Gasteiger partial charge in [-0.15, -0.1) is 0 Å². The largest absolute Gasteiger partial charge is 0.329 e. The highest BCUT2D eigenvalue weighted by molar-refractivity contribution is 7.89. The third kappa shape index (κ3) is 2.66. The molecule has 0 aliphatic heterocycles. The second-order valence-electron chi connectivity index (χ2n) is 5.55. The molecule has 1 aliphatic rings. The molecule has 3 N–H and O–H groups in total. The number of nitrogens with one attached hydrogen (secondary N) is 1. The smallest absolute Gasteiger partial charge is 0.242 e. The lowest BCUT2D eigenvalue weighted by atomic mass is 10.2. The van der Waals surface area contributed by atoms with Gasteiger partial charge < -0.3 is 5.73 Å². The van der Waals surface area contributed by atoms with Crippen molar-refractivity contribution in [3.63, 3.8) is 0 Å². The molecular formula is C13H19N5O2S. The summed E-state index contributed by atoms with van der Waals surface area (Å²) in [7, 11) is -1.82. The van der Waals surface area contributed by atoms with Gasteiger partial charge in [0.15, 0.2) is 5.65 Å². The number of hydrogen-bond acceptors (Lipinski definition) is 5. The van der Waals surface area contributed by atoms with Gasteiger partial charge in [-0.05, 0) is 31.7 Å². The van der Waals surface area contributed by atoms with Gasteiger partial charge in [0.05, 0.1) is 5.69 Å². The molecule has 0 radical (unpaired) electrons. The Labute approximate surface area is 123 Å². The van der Waals surface area contributed by atoms with E-state index in [0.717, 1.165) is 23.9 Å². The molecule has 1 atom stereocenters. The molecule has 0 bridgehead atoms. The van der Waals surface area contributed by atoms with Gasteiger partial charge in [-0.25, -0.2) is 18.1 Å². The number of aryl methyl sites for hydroxylation is 2. The standard InChI is InChI=1S/C13H19N5O2S/c1-8-11-5-10(7-15-13(11)18(2)16-8)21(19,20)17-12(6-14)9-3-4-9/h5,7,9,12,17H,3-4,6,14H2,1-2H3. The van der Waals surface area contributed by atoms with E-state index in [1.165, 1.54) is 6.20 Å². The summed E-state index contributed by atoms with van der Waals surface area (Å²) in [5.41, 5.74) is 7.09. The van der Waals surface area contributed by atoms with Crippen molar-refractivity contribution in [3.8, 4) is 0 Å². The van der Waals surface area contributed by atoms with Gasteiger partial charge in [-0.2, -0.15) is 5.10 Å². The molecule has 2 heterocycles. The van der Waals surface area contributed by atoms with Gasteiger partial charge in [0.2, 0.25) is 10.0 Å². The van der Waals surface area contributed by atoms with Crippen LogP contribution >= 0.6 is 0 Å². The van der Waals surface area contributed by atoms with Crippen LogP contribution in [0.4, 0.5) is 0 Å². The topological polar surface area (TPSA) is 103 Å². The van der Waals surface area contributed by atoms with E-state index in [4.69, 9.17) is 5.73 Å². The maximum Gasteiger partial charge on any atom is 0.242 e. The van der Waals surface area contributed by atoms with Crippen molar-refractivity contribution in [2.45, 2.75) is 30.7 Å². The van der Waals surface area contributed by atoms with Crippen LogP contribution in [0.25, 0.3) is 11.0 Å². The third-order valence-corrected chi connectivity index (χ3v) is 5.36. The zero-order valence-electron chi connectivity index (χ0n) is 12.1. The molecule has 1 saturated carbocycles. The lowest BCUT2D eigenvalue weighted by molar-refractivity contribution is 0.519. The number of pyridine rings is 1. The summed E-state index contributed by atoms with van der Waals surface area (Å²) in [6.07, 6.45) is 3.43. The summed E-state index contributed by atoms with van der Waals surface area (Å²) in [4.78, 5) is 4.37. The van der Waals surface area contributed by atoms with Gasteiger partial charge >= 0.3 is 0 Å². The minimum Gasteiger partial charge on any atom is -0.329 e. The van der Waals surface area contributed by atoms with Gasteiger partial charge in [0, 0.05) is 31.2 Å². The van der Waals surface area contributed by atoms with Crippen molar-refractivity contribution in [2.24, 2.45) is 18.7 Å². The van der Waals surface area contributed by atoms with E-state index in [1.54, 1.807) is 17.8 Å². The number of nitrogens with two attached hydrogens (primary N) is 1. The van der Waals surface area contributed by atoms with Crippen LogP contribution in [0.2, 0.25) is 0 Å². The molecule has 7 nitrogen and oxygen atoms in total. The summed E-state index contributed by atoms with van der Waals surface area (Å²) < 4.78 is 29.3. The van der Waals surface area contributed by atoms with E-state index >= 15 is 0 Å². The highest BCUT2D eigenvalue weighted by atomic mass is 32.2. The lowest BCUT2D eigenvalue weighted by Crippen LogP contribution is -2.41. The number of nitrogens with zero attached hydrogens (tertiary/aromatic N) is 3. The van der Waals surface area contributed by atoms with Crippen LogP contribution in [0.1, 0.15) is 18.5 Å². The number of aromatic nitrogens is 3. The number of rotatable bonds is 5. The third-order valence-electron chi connectivity index (χ3n) is 3.90. The Morgan fingerprint density at radius 2 is 2.24 bits per heavy atom. The summed E-state index contributed by atoms with van der Waals surface area (Å²) in [5, 5.41) is 4.99.